The van der Waals surface area contributed by atoms with Crippen LogP contribution in [0.25, 0.3) is 22.4 Å². The van der Waals surface area contributed by atoms with Crippen molar-refractivity contribution in [2.75, 3.05) is 5.73 Å². The number of hydrogen-bond acceptors (Lipinski definition) is 4. The molecule has 2 heterocycles. The first-order valence-corrected chi connectivity index (χ1v) is 7.95. The van der Waals surface area contributed by atoms with Crippen LogP contribution in [-0.2, 0) is 0 Å². The number of aromatic hydroxyl groups is 1. The van der Waals surface area contributed by atoms with Gasteiger partial charge in [-0.15, -0.1) is 17.8 Å². The Morgan fingerprint density at radius 1 is 1.17 bits per heavy atom. The van der Waals surface area contributed by atoms with Gasteiger partial charge in [0.2, 0.25) is 0 Å². The lowest BCUT2D eigenvalue weighted by atomic mass is 9.98. The standard InChI is InChI=1S/C19H16N2OS/c1-4-15-17(13-6-5-7-14(22)9-13)10-18(21-19(15)20)16-8-11(2)23-12(16)3/h1,5-10,22H,2-3H3,(H2,20,21). The molecule has 0 bridgehead atoms. The third-order valence-electron chi connectivity index (χ3n) is 3.67. The van der Waals surface area contributed by atoms with Crippen LogP contribution in [0.5, 0.6) is 5.75 Å². The third-order valence-corrected chi connectivity index (χ3v) is 4.63. The van der Waals surface area contributed by atoms with E-state index in [1.807, 2.05) is 12.1 Å². The summed E-state index contributed by atoms with van der Waals surface area (Å²) in [6, 6.07) is 11.0. The number of rotatable bonds is 2. The predicted octanol–water partition coefficient (Wildman–Crippen LogP) is 4.36. The number of aromatic nitrogens is 1. The van der Waals surface area contributed by atoms with Crippen molar-refractivity contribution in [3.8, 4) is 40.5 Å². The maximum absolute atomic E-state index is 9.74. The van der Waals surface area contributed by atoms with E-state index >= 15 is 0 Å². The van der Waals surface area contributed by atoms with Gasteiger partial charge >= 0.3 is 0 Å². The van der Waals surface area contributed by atoms with E-state index < -0.39 is 0 Å². The number of pyridine rings is 1. The molecule has 0 saturated heterocycles. The molecule has 23 heavy (non-hydrogen) atoms. The fraction of sp³-hybridized carbons (Fsp3) is 0.105. The molecule has 0 fully saturated rings. The van der Waals surface area contributed by atoms with E-state index in [0.717, 1.165) is 22.4 Å². The summed E-state index contributed by atoms with van der Waals surface area (Å²) < 4.78 is 0. The molecule has 0 aliphatic carbocycles. The second-order valence-corrected chi connectivity index (χ2v) is 6.80. The van der Waals surface area contributed by atoms with Gasteiger partial charge < -0.3 is 10.8 Å². The molecule has 0 saturated carbocycles. The van der Waals surface area contributed by atoms with E-state index in [1.165, 1.54) is 9.75 Å². The number of phenolic OH excluding ortho intramolecular Hbond substituents is 1. The first kappa shape index (κ1) is 15.1. The number of hydrogen-bond donors (Lipinski definition) is 2. The molecule has 0 atom stereocenters. The second-order valence-electron chi connectivity index (χ2n) is 5.34. The number of thiophene rings is 1. The molecule has 0 amide bonds. The van der Waals surface area contributed by atoms with E-state index in [2.05, 4.69) is 30.8 Å². The summed E-state index contributed by atoms with van der Waals surface area (Å²) in [4.78, 5) is 6.88. The van der Waals surface area contributed by atoms with E-state index in [-0.39, 0.29) is 5.75 Å². The van der Waals surface area contributed by atoms with Gasteiger partial charge in [-0.05, 0) is 43.7 Å². The van der Waals surface area contributed by atoms with Gasteiger partial charge in [0.1, 0.15) is 11.6 Å². The van der Waals surface area contributed by atoms with E-state index in [4.69, 9.17) is 12.2 Å². The Balaban J connectivity index is 2.27. The molecular formula is C19H16N2OS. The molecule has 3 rings (SSSR count). The third kappa shape index (κ3) is 2.79. The molecular weight excluding hydrogens is 304 g/mol. The first-order chi connectivity index (χ1) is 11.0. The van der Waals surface area contributed by atoms with Crippen molar-refractivity contribution in [2.45, 2.75) is 13.8 Å². The lowest BCUT2D eigenvalue weighted by Crippen LogP contribution is -1.99. The molecule has 3 aromatic rings. The lowest BCUT2D eigenvalue weighted by Gasteiger charge is -2.11. The van der Waals surface area contributed by atoms with Gasteiger partial charge in [0.25, 0.3) is 0 Å². The van der Waals surface area contributed by atoms with Crippen LogP contribution < -0.4 is 5.73 Å². The molecule has 0 aliphatic heterocycles. The molecule has 1 aromatic carbocycles. The Morgan fingerprint density at radius 2 is 1.96 bits per heavy atom. The van der Waals surface area contributed by atoms with E-state index in [1.54, 1.807) is 29.5 Å². The fourth-order valence-corrected chi connectivity index (χ4v) is 3.57. The minimum absolute atomic E-state index is 0.185. The number of nitrogens with zero attached hydrogens (tertiary/aromatic N) is 1. The highest BCUT2D eigenvalue weighted by molar-refractivity contribution is 7.12. The van der Waals surface area contributed by atoms with Gasteiger partial charge in [0, 0.05) is 20.9 Å². The SMILES string of the molecule is C#Cc1c(-c2cccc(O)c2)cc(-c2cc(C)sc2C)nc1N. The summed E-state index contributed by atoms with van der Waals surface area (Å²) in [5.41, 5.74) is 10.1. The molecule has 4 heteroatoms. The summed E-state index contributed by atoms with van der Waals surface area (Å²) >= 11 is 1.72. The lowest BCUT2D eigenvalue weighted by molar-refractivity contribution is 0.475. The van der Waals surface area contributed by atoms with Crippen LogP contribution in [0.3, 0.4) is 0 Å². The zero-order valence-electron chi connectivity index (χ0n) is 12.9. The molecule has 3 nitrogen and oxygen atoms in total. The zero-order valence-corrected chi connectivity index (χ0v) is 13.7. The smallest absolute Gasteiger partial charge is 0.140 e. The van der Waals surface area contributed by atoms with E-state index in [9.17, 15) is 5.11 Å². The average Bonchev–Trinajstić information content (AvgIpc) is 2.85. The van der Waals surface area contributed by atoms with Gasteiger partial charge in [0.05, 0.1) is 11.3 Å². The molecule has 0 radical (unpaired) electrons. The average molecular weight is 320 g/mol. The molecule has 114 valence electrons. The predicted molar refractivity (Wildman–Crippen MR) is 96.5 cm³/mol. The van der Waals surface area contributed by atoms with Crippen molar-refractivity contribution in [1.82, 2.24) is 4.98 Å². The van der Waals surface area contributed by atoms with Crippen molar-refractivity contribution in [2.24, 2.45) is 0 Å². The van der Waals surface area contributed by atoms with Crippen molar-refractivity contribution < 1.29 is 5.11 Å². The number of phenols is 1. The maximum atomic E-state index is 9.74. The Kier molecular flexibility index (Phi) is 3.81. The fourth-order valence-electron chi connectivity index (χ4n) is 2.64. The number of nitrogen functional groups attached to an aromatic ring is 1. The highest BCUT2D eigenvalue weighted by Gasteiger charge is 2.14. The summed E-state index contributed by atoms with van der Waals surface area (Å²) in [5, 5.41) is 9.74. The van der Waals surface area contributed by atoms with Gasteiger partial charge in [-0.3, -0.25) is 0 Å². The Morgan fingerprint density at radius 3 is 2.57 bits per heavy atom. The monoisotopic (exact) mass is 320 g/mol. The summed E-state index contributed by atoms with van der Waals surface area (Å²) in [5.74, 6) is 3.12. The number of aryl methyl sites for hydroxylation is 2. The molecule has 0 unspecified atom stereocenters. The second kappa shape index (κ2) is 5.79. The van der Waals surface area contributed by atoms with E-state index in [0.29, 0.717) is 11.4 Å². The molecule has 2 aromatic heterocycles. The highest BCUT2D eigenvalue weighted by atomic mass is 32.1. The van der Waals surface area contributed by atoms with Crippen LogP contribution in [-0.4, -0.2) is 10.1 Å². The van der Waals surface area contributed by atoms with Crippen molar-refractivity contribution >= 4 is 17.2 Å². The van der Waals surface area contributed by atoms with Crippen LogP contribution in [0.15, 0.2) is 36.4 Å². The molecule has 3 N–H and O–H groups in total. The molecule has 0 spiro atoms. The number of benzene rings is 1. The van der Waals surface area contributed by atoms with Crippen LogP contribution in [0.2, 0.25) is 0 Å². The summed E-state index contributed by atoms with van der Waals surface area (Å²) in [7, 11) is 0. The van der Waals surface area contributed by atoms with Crippen molar-refractivity contribution in [1.29, 1.82) is 0 Å². The number of anilines is 1. The first-order valence-electron chi connectivity index (χ1n) is 7.13. The zero-order chi connectivity index (χ0) is 16.6. The quantitative estimate of drug-likeness (QED) is 0.690. The summed E-state index contributed by atoms with van der Waals surface area (Å²) in [6.45, 7) is 4.13. The minimum atomic E-state index is 0.185. The Bertz CT molecular complexity index is 935. The number of terminal acetylenes is 1. The van der Waals surface area contributed by atoms with Gasteiger partial charge in [-0.1, -0.05) is 18.1 Å². The summed E-state index contributed by atoms with van der Waals surface area (Å²) in [6.07, 6.45) is 5.62. The normalized spacial score (nSPS) is 10.5. The van der Waals surface area contributed by atoms with Gasteiger partial charge in [0.15, 0.2) is 0 Å². The van der Waals surface area contributed by atoms with Crippen LogP contribution >= 0.6 is 11.3 Å². The topological polar surface area (TPSA) is 59.1 Å². The number of nitrogens with two attached hydrogens (primary N) is 1. The van der Waals surface area contributed by atoms with Gasteiger partial charge in [-0.25, -0.2) is 4.98 Å². The van der Waals surface area contributed by atoms with Gasteiger partial charge in [-0.2, -0.15) is 0 Å². The van der Waals surface area contributed by atoms with Crippen molar-refractivity contribution in [3.05, 3.63) is 51.7 Å². The highest BCUT2D eigenvalue weighted by Crippen LogP contribution is 2.35. The maximum Gasteiger partial charge on any atom is 0.140 e. The van der Waals surface area contributed by atoms with Crippen LogP contribution in [0.4, 0.5) is 5.82 Å². The van der Waals surface area contributed by atoms with Crippen LogP contribution in [0.1, 0.15) is 15.3 Å². The van der Waals surface area contributed by atoms with Crippen molar-refractivity contribution in [3.63, 3.8) is 0 Å². The minimum Gasteiger partial charge on any atom is -0.508 e. The van der Waals surface area contributed by atoms with Crippen LogP contribution in [0, 0.1) is 26.2 Å². The largest absolute Gasteiger partial charge is 0.508 e. The Labute approximate surface area is 139 Å². The Hall–Kier alpha value is -2.77. The molecule has 0 aliphatic rings.